The van der Waals surface area contributed by atoms with Gasteiger partial charge in [0.25, 0.3) is 0 Å². The maximum absolute atomic E-state index is 6.59. The van der Waals surface area contributed by atoms with Gasteiger partial charge >= 0.3 is 0 Å². The Hall–Kier alpha value is -5.12. The molecule has 4 aromatic heterocycles. The van der Waals surface area contributed by atoms with E-state index in [0.717, 1.165) is 32.3 Å². The Morgan fingerprint density at radius 2 is 0.760 bits per heavy atom. The molecule has 0 amide bonds. The van der Waals surface area contributed by atoms with Gasteiger partial charge in [-0.1, -0.05) is 0 Å². The van der Waals surface area contributed by atoms with E-state index in [9.17, 15) is 0 Å². The highest BCUT2D eigenvalue weighted by Gasteiger charge is 2.28. The molecule has 6 rings (SSSR count). The minimum Gasteiger partial charge on any atom is -0.493 e. The molecular weight excluding hydrogens is 707 g/mol. The first kappa shape index (κ1) is 34.7. The van der Waals surface area contributed by atoms with Crippen molar-refractivity contribution in [3.8, 4) is 23.0 Å². The van der Waals surface area contributed by atoms with Crippen molar-refractivity contribution in [1.29, 1.82) is 0 Å². The van der Waals surface area contributed by atoms with Crippen LogP contribution in [0, 0.1) is 0 Å². The van der Waals surface area contributed by atoms with Gasteiger partial charge in [0.15, 0.2) is 35.5 Å². The molecule has 0 radical (unpaired) electrons. The van der Waals surface area contributed by atoms with Crippen molar-refractivity contribution in [2.24, 2.45) is 10.2 Å². The summed E-state index contributed by atoms with van der Waals surface area (Å²) in [6.07, 6.45) is 11.4. The summed E-state index contributed by atoms with van der Waals surface area (Å²) in [6.45, 7) is 0. The average Bonchev–Trinajstić information content (AvgIpc) is 3.18. The standard InChI is InChI=1S/C36H30N6O4P2S2/c1-43-35-23-27(3-5-33(35)45-47(49,29-7-15-37-16-8-29)30-9-17-38-18-10-30)25-41-42-26-28-4-6-34(36(24-28)44-2)46-48(50,31-11-19-39-20-12-31)32-13-21-40-22-14-32/h3-26H,1-2H3/b41-25+,42-26+. The molecule has 0 saturated carbocycles. The third kappa shape index (κ3) is 7.85. The van der Waals surface area contributed by atoms with Gasteiger partial charge in [-0.3, -0.25) is 19.9 Å². The van der Waals surface area contributed by atoms with Gasteiger partial charge in [-0.25, -0.2) is 0 Å². The first-order valence-electron chi connectivity index (χ1n) is 15.1. The topological polar surface area (TPSA) is 113 Å². The zero-order valence-electron chi connectivity index (χ0n) is 26.9. The molecule has 0 saturated heterocycles. The lowest BCUT2D eigenvalue weighted by Crippen LogP contribution is -2.20. The number of methoxy groups -OCH3 is 2. The van der Waals surface area contributed by atoms with Crippen LogP contribution in [0.25, 0.3) is 0 Å². The van der Waals surface area contributed by atoms with Crippen molar-refractivity contribution >= 4 is 69.8 Å². The quantitative estimate of drug-likeness (QED) is 0.0846. The van der Waals surface area contributed by atoms with E-state index in [4.69, 9.17) is 42.1 Å². The molecule has 0 aliphatic heterocycles. The first-order valence-corrected chi connectivity index (χ1v) is 20.5. The lowest BCUT2D eigenvalue weighted by atomic mass is 10.2. The second kappa shape index (κ2) is 16.1. The van der Waals surface area contributed by atoms with Crippen molar-refractivity contribution in [1.82, 2.24) is 19.9 Å². The fourth-order valence-electron chi connectivity index (χ4n) is 4.83. The van der Waals surface area contributed by atoms with E-state index in [1.807, 2.05) is 84.9 Å². The molecule has 4 heterocycles. The molecule has 0 fully saturated rings. The summed E-state index contributed by atoms with van der Waals surface area (Å²) in [7, 11) is 3.16. The highest BCUT2D eigenvalue weighted by atomic mass is 32.4. The van der Waals surface area contributed by atoms with Crippen LogP contribution in [0.4, 0.5) is 0 Å². The zero-order valence-corrected chi connectivity index (χ0v) is 30.3. The molecule has 0 atom stereocenters. The normalized spacial score (nSPS) is 11.8. The lowest BCUT2D eigenvalue weighted by molar-refractivity contribution is 0.398. The van der Waals surface area contributed by atoms with Gasteiger partial charge in [-0.15, -0.1) is 0 Å². The minimum absolute atomic E-state index is 0.509. The Balaban J connectivity index is 1.19. The van der Waals surface area contributed by atoms with Crippen molar-refractivity contribution in [3.05, 3.63) is 146 Å². The van der Waals surface area contributed by atoms with E-state index in [1.165, 1.54) is 0 Å². The number of ether oxygens (including phenoxy) is 2. The van der Waals surface area contributed by atoms with E-state index in [-0.39, 0.29) is 0 Å². The fourth-order valence-corrected chi connectivity index (χ4v) is 10.7. The van der Waals surface area contributed by atoms with Gasteiger partial charge in [0, 0.05) is 70.8 Å². The maximum Gasteiger partial charge on any atom is 0.171 e. The van der Waals surface area contributed by atoms with Crippen molar-refractivity contribution in [2.45, 2.75) is 0 Å². The van der Waals surface area contributed by atoms with Gasteiger partial charge < -0.3 is 18.5 Å². The minimum atomic E-state index is -2.73. The van der Waals surface area contributed by atoms with Crippen LogP contribution in [-0.4, -0.2) is 46.6 Å². The van der Waals surface area contributed by atoms with Gasteiger partial charge in [0.05, 0.1) is 26.6 Å². The van der Waals surface area contributed by atoms with Crippen molar-refractivity contribution in [2.75, 3.05) is 14.2 Å². The van der Waals surface area contributed by atoms with Crippen LogP contribution >= 0.6 is 12.5 Å². The summed E-state index contributed by atoms with van der Waals surface area (Å²) in [6, 6.07) is 26.0. The molecule has 0 N–H and O–H groups in total. The van der Waals surface area contributed by atoms with E-state index in [0.29, 0.717) is 23.0 Å². The second-order valence-corrected chi connectivity index (χ2v) is 18.1. The monoisotopic (exact) mass is 736 g/mol. The van der Waals surface area contributed by atoms with Gasteiger partial charge in [0.1, 0.15) is 0 Å². The second-order valence-electron chi connectivity index (χ2n) is 10.4. The number of pyridine rings is 4. The third-order valence-corrected chi connectivity index (χ3v) is 15.1. The molecule has 2 aromatic carbocycles. The number of hydrogen-bond acceptors (Lipinski definition) is 12. The summed E-state index contributed by atoms with van der Waals surface area (Å²) in [5.74, 6) is 2.04. The number of benzene rings is 2. The van der Waals surface area contributed by atoms with Gasteiger partial charge in [-0.2, -0.15) is 10.2 Å². The van der Waals surface area contributed by atoms with Crippen LogP contribution in [0.15, 0.2) is 145 Å². The SMILES string of the molecule is COc1cc(/C=N/N=C/c2ccc(OP(=S)(c3ccncc3)c3ccncc3)c(OC)c2)ccc1OP(=S)(c1ccncc1)c1ccncc1. The molecule has 0 spiro atoms. The Kier molecular flexibility index (Phi) is 11.2. The molecular formula is C36H30N6O4P2S2. The number of rotatable bonds is 13. The predicted molar refractivity (Wildman–Crippen MR) is 206 cm³/mol. The van der Waals surface area contributed by atoms with Gasteiger partial charge in [-0.05, 0) is 120 Å². The summed E-state index contributed by atoms with van der Waals surface area (Å²) in [5.41, 5.74) is 1.51. The summed E-state index contributed by atoms with van der Waals surface area (Å²) in [5, 5.41) is 12.0. The summed E-state index contributed by atoms with van der Waals surface area (Å²) < 4.78 is 24.6. The van der Waals surface area contributed by atoms with E-state index < -0.39 is 12.5 Å². The van der Waals surface area contributed by atoms with Crippen molar-refractivity contribution in [3.63, 3.8) is 0 Å². The third-order valence-electron chi connectivity index (χ3n) is 7.32. The number of nitrogens with zero attached hydrogens (tertiary/aromatic N) is 6. The van der Waals surface area contributed by atoms with E-state index in [2.05, 4.69) is 30.1 Å². The largest absolute Gasteiger partial charge is 0.493 e. The average molecular weight is 737 g/mol. The Morgan fingerprint density at radius 1 is 0.460 bits per heavy atom. The number of hydrogen-bond donors (Lipinski definition) is 0. The van der Waals surface area contributed by atoms with Crippen molar-refractivity contribution < 1.29 is 18.5 Å². The molecule has 6 aromatic rings. The molecule has 250 valence electrons. The first-order chi connectivity index (χ1) is 24.4. The molecule has 10 nitrogen and oxygen atoms in total. The van der Waals surface area contributed by atoms with Gasteiger partial charge in [0.2, 0.25) is 0 Å². The molecule has 50 heavy (non-hydrogen) atoms. The highest BCUT2D eigenvalue weighted by Crippen LogP contribution is 2.49. The van der Waals surface area contributed by atoms with E-state index in [1.54, 1.807) is 76.2 Å². The molecule has 0 bridgehead atoms. The van der Waals surface area contributed by atoms with E-state index >= 15 is 0 Å². The molecule has 0 unspecified atom stereocenters. The molecule has 14 heteroatoms. The Bertz CT molecular complexity index is 1970. The van der Waals surface area contributed by atoms with Crippen LogP contribution in [-0.2, 0) is 23.6 Å². The van der Waals surface area contributed by atoms with Crippen LogP contribution in [0.5, 0.6) is 23.0 Å². The van der Waals surface area contributed by atoms with Crippen LogP contribution in [0.3, 0.4) is 0 Å². The Morgan fingerprint density at radius 3 is 1.04 bits per heavy atom. The summed E-state index contributed by atoms with van der Waals surface area (Å²) in [4.78, 5) is 16.6. The highest BCUT2D eigenvalue weighted by molar-refractivity contribution is 8.20. The molecule has 0 aliphatic rings. The zero-order chi connectivity index (χ0) is 34.8. The Labute approximate surface area is 300 Å². The maximum atomic E-state index is 6.59. The predicted octanol–water partition coefficient (Wildman–Crippen LogP) is 5.59. The van der Waals surface area contributed by atoms with Crippen LogP contribution < -0.4 is 39.7 Å². The molecule has 0 aliphatic carbocycles. The van der Waals surface area contributed by atoms with Crippen LogP contribution in [0.1, 0.15) is 11.1 Å². The summed E-state index contributed by atoms with van der Waals surface area (Å²) >= 11 is 12.4. The lowest BCUT2D eigenvalue weighted by Gasteiger charge is -2.25. The van der Waals surface area contributed by atoms with Crippen LogP contribution in [0.2, 0.25) is 0 Å². The number of aromatic nitrogens is 4. The fraction of sp³-hybridized carbons (Fsp3) is 0.0556. The smallest absolute Gasteiger partial charge is 0.171 e.